The monoisotopic (exact) mass is 252 g/mol. The maximum atomic E-state index is 5.36. The molecular formula is C17H32O. The second-order valence-corrected chi connectivity index (χ2v) is 6.30. The van der Waals surface area contributed by atoms with Gasteiger partial charge in [0.2, 0.25) is 0 Å². The first-order chi connectivity index (χ1) is 8.45. The molecule has 0 N–H and O–H groups in total. The fourth-order valence-electron chi connectivity index (χ4n) is 1.90. The van der Waals surface area contributed by atoms with Crippen LogP contribution in [-0.4, -0.2) is 6.61 Å². The molecule has 0 amide bonds. The molecule has 0 saturated heterocycles. The Morgan fingerprint density at radius 2 is 1.44 bits per heavy atom. The molecule has 0 aliphatic rings. The summed E-state index contributed by atoms with van der Waals surface area (Å²) in [5, 5.41) is 0. The predicted molar refractivity (Wildman–Crippen MR) is 81.7 cm³/mol. The average molecular weight is 252 g/mol. The molecule has 1 heteroatoms. The van der Waals surface area contributed by atoms with Crippen molar-refractivity contribution < 1.29 is 4.74 Å². The highest BCUT2D eigenvalue weighted by atomic mass is 16.5. The van der Waals surface area contributed by atoms with Gasteiger partial charge in [-0.15, -0.1) is 0 Å². The van der Waals surface area contributed by atoms with E-state index in [-0.39, 0.29) is 0 Å². The zero-order chi connectivity index (χ0) is 13.9. The minimum Gasteiger partial charge on any atom is -0.494 e. The number of hydrogen-bond donors (Lipinski definition) is 0. The first kappa shape index (κ1) is 17.3. The Morgan fingerprint density at radius 3 is 1.94 bits per heavy atom. The van der Waals surface area contributed by atoms with Gasteiger partial charge in [0.25, 0.3) is 0 Å². The number of ether oxygens (including phenoxy) is 1. The molecule has 0 rings (SSSR count). The van der Waals surface area contributed by atoms with E-state index >= 15 is 0 Å². The maximum Gasteiger partial charge on any atom is 0.111 e. The standard InChI is InChI=1S/C17H32O/c1-6-16(2)18-15-13-11-9-7-8-10-12-14-17(3,4)5/h6H,1-2,7-15H2,3-5H3. The molecule has 0 bridgehead atoms. The van der Waals surface area contributed by atoms with E-state index < -0.39 is 0 Å². The van der Waals surface area contributed by atoms with E-state index in [4.69, 9.17) is 4.74 Å². The van der Waals surface area contributed by atoms with Gasteiger partial charge in [0.15, 0.2) is 0 Å². The first-order valence-corrected chi connectivity index (χ1v) is 7.40. The van der Waals surface area contributed by atoms with Gasteiger partial charge in [0.1, 0.15) is 5.76 Å². The predicted octanol–water partition coefficient (Wildman–Crippen LogP) is 5.87. The van der Waals surface area contributed by atoms with E-state index in [1.807, 2.05) is 0 Å². The summed E-state index contributed by atoms with van der Waals surface area (Å²) in [5.74, 6) is 0.692. The molecule has 0 fully saturated rings. The second-order valence-electron chi connectivity index (χ2n) is 6.30. The Balaban J connectivity index is 3.12. The lowest BCUT2D eigenvalue weighted by molar-refractivity contribution is 0.218. The van der Waals surface area contributed by atoms with Gasteiger partial charge in [-0.1, -0.05) is 72.5 Å². The minimum absolute atomic E-state index is 0.505. The zero-order valence-electron chi connectivity index (χ0n) is 12.8. The molecule has 0 unspecified atom stereocenters. The normalized spacial score (nSPS) is 11.3. The van der Waals surface area contributed by atoms with Crippen LogP contribution in [0.15, 0.2) is 25.0 Å². The Morgan fingerprint density at radius 1 is 0.944 bits per heavy atom. The lowest BCUT2D eigenvalue weighted by Gasteiger charge is -2.17. The van der Waals surface area contributed by atoms with Crippen molar-refractivity contribution in [2.24, 2.45) is 5.41 Å². The Labute approximate surface area is 114 Å². The SMILES string of the molecule is C=CC(=C)OCCCCCCCCCC(C)(C)C. The summed E-state index contributed by atoms with van der Waals surface area (Å²) in [5.41, 5.74) is 0.505. The van der Waals surface area contributed by atoms with Crippen molar-refractivity contribution in [1.29, 1.82) is 0 Å². The number of allylic oxidation sites excluding steroid dienone is 1. The number of unbranched alkanes of at least 4 members (excludes halogenated alkanes) is 6. The minimum atomic E-state index is 0.505. The molecule has 106 valence electrons. The van der Waals surface area contributed by atoms with Crippen LogP contribution in [-0.2, 0) is 4.74 Å². The van der Waals surface area contributed by atoms with Gasteiger partial charge in [-0.25, -0.2) is 0 Å². The Hall–Kier alpha value is -0.720. The summed E-state index contributed by atoms with van der Waals surface area (Å²) in [6, 6.07) is 0. The second kappa shape index (κ2) is 10.2. The number of hydrogen-bond acceptors (Lipinski definition) is 1. The van der Waals surface area contributed by atoms with Crippen molar-refractivity contribution in [3.8, 4) is 0 Å². The van der Waals surface area contributed by atoms with Gasteiger partial charge in [-0.2, -0.15) is 0 Å². The van der Waals surface area contributed by atoms with Crippen molar-refractivity contribution >= 4 is 0 Å². The van der Waals surface area contributed by atoms with E-state index in [0.29, 0.717) is 11.2 Å². The molecular weight excluding hydrogens is 220 g/mol. The Kier molecular flexibility index (Phi) is 9.82. The van der Waals surface area contributed by atoms with Crippen LogP contribution in [0.4, 0.5) is 0 Å². The quantitative estimate of drug-likeness (QED) is 0.254. The summed E-state index contributed by atoms with van der Waals surface area (Å²) in [7, 11) is 0. The van der Waals surface area contributed by atoms with Crippen molar-refractivity contribution in [3.05, 3.63) is 25.0 Å². The molecule has 0 saturated carbocycles. The topological polar surface area (TPSA) is 9.23 Å². The average Bonchev–Trinajstić information content (AvgIpc) is 2.29. The van der Waals surface area contributed by atoms with Gasteiger partial charge < -0.3 is 4.74 Å². The van der Waals surface area contributed by atoms with Gasteiger partial charge in [-0.05, 0) is 24.3 Å². The smallest absolute Gasteiger partial charge is 0.111 e. The van der Waals surface area contributed by atoms with Gasteiger partial charge in [0.05, 0.1) is 6.61 Å². The van der Waals surface area contributed by atoms with Crippen LogP contribution in [0.1, 0.15) is 72.1 Å². The third kappa shape index (κ3) is 13.3. The fourth-order valence-corrected chi connectivity index (χ4v) is 1.90. The van der Waals surface area contributed by atoms with Crippen LogP contribution in [0.3, 0.4) is 0 Å². The zero-order valence-corrected chi connectivity index (χ0v) is 12.8. The first-order valence-electron chi connectivity index (χ1n) is 7.40. The van der Waals surface area contributed by atoms with Crippen LogP contribution in [0.5, 0.6) is 0 Å². The Bertz CT molecular complexity index is 222. The summed E-state index contributed by atoms with van der Waals surface area (Å²) < 4.78 is 5.36. The van der Waals surface area contributed by atoms with E-state index in [2.05, 4.69) is 33.9 Å². The van der Waals surface area contributed by atoms with Crippen molar-refractivity contribution in [1.82, 2.24) is 0 Å². The molecule has 18 heavy (non-hydrogen) atoms. The molecule has 0 aromatic heterocycles. The van der Waals surface area contributed by atoms with Crippen molar-refractivity contribution in [2.75, 3.05) is 6.61 Å². The van der Waals surface area contributed by atoms with Crippen LogP contribution in [0.25, 0.3) is 0 Å². The molecule has 0 aromatic carbocycles. The fraction of sp³-hybridized carbons (Fsp3) is 0.765. The highest BCUT2D eigenvalue weighted by Gasteiger charge is 2.08. The van der Waals surface area contributed by atoms with Gasteiger partial charge >= 0.3 is 0 Å². The van der Waals surface area contributed by atoms with Crippen LogP contribution < -0.4 is 0 Å². The van der Waals surface area contributed by atoms with E-state index in [1.54, 1.807) is 6.08 Å². The summed E-state index contributed by atoms with van der Waals surface area (Å²) in [6.07, 6.45) is 12.3. The summed E-state index contributed by atoms with van der Waals surface area (Å²) in [6.45, 7) is 15.1. The van der Waals surface area contributed by atoms with Gasteiger partial charge in [0, 0.05) is 0 Å². The lowest BCUT2D eigenvalue weighted by Crippen LogP contribution is -2.03. The molecule has 0 atom stereocenters. The van der Waals surface area contributed by atoms with E-state index in [9.17, 15) is 0 Å². The van der Waals surface area contributed by atoms with E-state index in [1.165, 1.54) is 44.9 Å². The van der Waals surface area contributed by atoms with Crippen LogP contribution >= 0.6 is 0 Å². The molecule has 0 aliphatic heterocycles. The highest BCUT2D eigenvalue weighted by molar-refractivity contribution is 5.01. The van der Waals surface area contributed by atoms with Crippen molar-refractivity contribution in [2.45, 2.75) is 72.1 Å². The molecule has 0 aliphatic carbocycles. The lowest BCUT2D eigenvalue weighted by atomic mass is 9.89. The van der Waals surface area contributed by atoms with Crippen LogP contribution in [0.2, 0.25) is 0 Å². The third-order valence-corrected chi connectivity index (χ3v) is 3.09. The molecule has 0 heterocycles. The maximum absolute atomic E-state index is 5.36. The van der Waals surface area contributed by atoms with Crippen molar-refractivity contribution in [3.63, 3.8) is 0 Å². The molecule has 0 radical (unpaired) electrons. The van der Waals surface area contributed by atoms with Gasteiger partial charge in [-0.3, -0.25) is 0 Å². The largest absolute Gasteiger partial charge is 0.494 e. The summed E-state index contributed by atoms with van der Waals surface area (Å²) in [4.78, 5) is 0. The third-order valence-electron chi connectivity index (χ3n) is 3.09. The van der Waals surface area contributed by atoms with E-state index in [0.717, 1.165) is 13.0 Å². The van der Waals surface area contributed by atoms with Crippen LogP contribution in [0, 0.1) is 5.41 Å². The number of rotatable bonds is 11. The highest BCUT2D eigenvalue weighted by Crippen LogP contribution is 2.22. The molecule has 1 nitrogen and oxygen atoms in total. The summed E-state index contributed by atoms with van der Waals surface area (Å²) >= 11 is 0. The molecule has 0 spiro atoms. The molecule has 0 aromatic rings.